The van der Waals surface area contributed by atoms with E-state index in [0.29, 0.717) is 31.8 Å². The van der Waals surface area contributed by atoms with Crippen LogP contribution in [-0.4, -0.2) is 67.8 Å². The summed E-state index contributed by atoms with van der Waals surface area (Å²) in [5.74, 6) is 2.96. The van der Waals surface area contributed by atoms with Crippen molar-refractivity contribution in [1.29, 1.82) is 0 Å². The smallest absolute Gasteiger partial charge is 0.204 e. The van der Waals surface area contributed by atoms with Crippen molar-refractivity contribution in [1.82, 2.24) is 40.5 Å². The van der Waals surface area contributed by atoms with Crippen LogP contribution in [0.5, 0.6) is 0 Å². The van der Waals surface area contributed by atoms with Gasteiger partial charge in [-0.3, -0.25) is 0 Å². The van der Waals surface area contributed by atoms with Crippen molar-refractivity contribution in [2.75, 3.05) is 48.6 Å². The molecule has 2 heterocycles. The molecule has 0 atom stereocenters. The lowest BCUT2D eigenvalue weighted by Gasteiger charge is -2.08. The van der Waals surface area contributed by atoms with Crippen molar-refractivity contribution < 1.29 is 0 Å². The third-order valence-electron chi connectivity index (χ3n) is 5.97. The first-order chi connectivity index (χ1) is 19.6. The maximum Gasteiger partial charge on any atom is 0.204 e. The highest BCUT2D eigenvalue weighted by atomic mass is 32.2. The molecule has 0 aliphatic carbocycles. The van der Waals surface area contributed by atoms with E-state index in [2.05, 4.69) is 65.0 Å². The fourth-order valence-electron chi connectivity index (χ4n) is 3.77. The quantitative estimate of drug-likeness (QED) is 0.0296. The summed E-state index contributed by atoms with van der Waals surface area (Å²) < 4.78 is 0.936. The average molecular weight is 629 g/mol. The molecule has 2 aromatic rings. The topological polar surface area (TPSA) is 131 Å². The van der Waals surface area contributed by atoms with Crippen molar-refractivity contribution in [2.24, 2.45) is 0 Å². The molecule has 40 heavy (non-hydrogen) atoms. The van der Waals surface area contributed by atoms with Gasteiger partial charge in [0.15, 0.2) is 10.3 Å². The zero-order chi connectivity index (χ0) is 28.7. The van der Waals surface area contributed by atoms with E-state index in [1.807, 2.05) is 0 Å². The molecule has 0 unspecified atom stereocenters. The van der Waals surface area contributed by atoms with Gasteiger partial charge in [-0.25, -0.2) is 0 Å². The summed E-state index contributed by atoms with van der Waals surface area (Å²) in [6, 6.07) is 0. The molecule has 6 N–H and O–H groups in total. The standard InChI is InChI=1S/C26H48N10S4/c1-3-5-7-13-17-29-21-31-23(37)35-25(33-21)39-19-27-15-11-9-10-12-16-28-20-40-26-34-22(32-24(38)36-26)30-18-14-8-6-4-2/h27-28H,3-20H2,1-2H3,(H2,29,31,33,35,37)(H2,30,32,34,36,38). The molecule has 0 fully saturated rings. The number of hydrogen-bond donors (Lipinski definition) is 6. The summed E-state index contributed by atoms with van der Waals surface area (Å²) in [5.41, 5.74) is 0. The molecular weight excluding hydrogens is 581 g/mol. The molecule has 0 saturated heterocycles. The molecular formula is C26H48N10S4. The predicted octanol–water partition coefficient (Wildman–Crippen LogP) is 6.91. The largest absolute Gasteiger partial charge is 0.356 e. The number of thioether (sulfide) groups is 2. The molecule has 2 aromatic heterocycles. The molecule has 14 heteroatoms. The zero-order valence-corrected chi connectivity index (χ0v) is 27.4. The van der Waals surface area contributed by atoms with Crippen LogP contribution < -0.4 is 21.3 Å². The van der Waals surface area contributed by atoms with Gasteiger partial charge in [0, 0.05) is 24.8 Å². The van der Waals surface area contributed by atoms with Crippen LogP contribution in [0.3, 0.4) is 0 Å². The first-order valence-corrected chi connectivity index (χ1v) is 17.5. The number of anilines is 2. The molecule has 2 rings (SSSR count). The number of hydrogen-bond acceptors (Lipinski definition) is 12. The normalized spacial score (nSPS) is 11.2. The van der Waals surface area contributed by atoms with E-state index >= 15 is 0 Å². The van der Waals surface area contributed by atoms with E-state index in [-0.39, 0.29) is 0 Å². The summed E-state index contributed by atoms with van der Waals surface area (Å²) in [4.78, 5) is 23.8. The SMILES string of the molecule is CCCCCCNc1nc(SCNCCCCCCNCSc2nc(NCCCCCC)[nH]c(=S)n2)nc(=S)[nH]1. The molecule has 10 nitrogen and oxygen atoms in total. The maximum atomic E-state index is 5.25. The molecule has 0 amide bonds. The molecule has 0 saturated carbocycles. The second-order valence-corrected chi connectivity index (χ2v) is 12.2. The Morgan fingerprint density at radius 2 is 0.950 bits per heavy atom. The summed E-state index contributed by atoms with van der Waals surface area (Å²) >= 11 is 13.7. The highest BCUT2D eigenvalue weighted by molar-refractivity contribution is 7.99. The number of nitrogens with zero attached hydrogens (tertiary/aromatic N) is 4. The third-order valence-corrected chi connectivity index (χ3v) is 7.93. The van der Waals surface area contributed by atoms with E-state index in [9.17, 15) is 0 Å². The van der Waals surface area contributed by atoms with Crippen LogP contribution in [0.25, 0.3) is 0 Å². The Bertz CT molecular complexity index is 952. The van der Waals surface area contributed by atoms with Crippen LogP contribution >= 0.6 is 48.0 Å². The number of aromatic nitrogens is 6. The summed E-state index contributed by atoms with van der Waals surface area (Å²) in [6.07, 6.45) is 14.4. The van der Waals surface area contributed by atoms with Gasteiger partial charge in [-0.05, 0) is 63.2 Å². The number of H-pyrrole nitrogens is 2. The van der Waals surface area contributed by atoms with Crippen LogP contribution in [0.15, 0.2) is 10.3 Å². The summed E-state index contributed by atoms with van der Waals surface area (Å²) in [7, 11) is 0. The minimum Gasteiger partial charge on any atom is -0.356 e. The van der Waals surface area contributed by atoms with Gasteiger partial charge in [-0.2, -0.15) is 19.9 Å². The highest BCUT2D eigenvalue weighted by Crippen LogP contribution is 2.14. The Kier molecular flexibility index (Phi) is 20.3. The molecule has 0 bridgehead atoms. The molecule has 0 aromatic carbocycles. The van der Waals surface area contributed by atoms with Gasteiger partial charge in [0.05, 0.1) is 0 Å². The van der Waals surface area contributed by atoms with Crippen molar-refractivity contribution in [3.63, 3.8) is 0 Å². The molecule has 0 radical (unpaired) electrons. The van der Waals surface area contributed by atoms with E-state index in [1.165, 1.54) is 51.4 Å². The second kappa shape index (κ2) is 23.3. The van der Waals surface area contributed by atoms with Crippen LogP contribution in [0.1, 0.15) is 90.9 Å². The molecule has 226 valence electrons. The number of nitrogens with one attached hydrogen (secondary N) is 6. The Hall–Kier alpha value is -1.32. The van der Waals surface area contributed by atoms with Gasteiger partial charge in [0.1, 0.15) is 0 Å². The van der Waals surface area contributed by atoms with Gasteiger partial charge < -0.3 is 31.2 Å². The number of aromatic amines is 2. The lowest BCUT2D eigenvalue weighted by Crippen LogP contribution is -2.16. The maximum absolute atomic E-state index is 5.25. The second-order valence-electron chi connectivity index (χ2n) is 9.54. The van der Waals surface area contributed by atoms with Crippen LogP contribution in [0.4, 0.5) is 11.9 Å². The Morgan fingerprint density at radius 3 is 1.38 bits per heavy atom. The first kappa shape index (κ1) is 34.9. The lowest BCUT2D eigenvalue weighted by molar-refractivity contribution is 0.594. The van der Waals surface area contributed by atoms with Gasteiger partial charge in [-0.15, -0.1) is 0 Å². The zero-order valence-electron chi connectivity index (χ0n) is 24.1. The summed E-state index contributed by atoms with van der Waals surface area (Å²) in [6.45, 7) is 8.20. The molecule has 0 spiro atoms. The van der Waals surface area contributed by atoms with Gasteiger partial charge >= 0.3 is 0 Å². The first-order valence-electron chi connectivity index (χ1n) is 14.7. The van der Waals surface area contributed by atoms with Crippen LogP contribution in [0.2, 0.25) is 0 Å². The van der Waals surface area contributed by atoms with E-state index in [1.54, 1.807) is 23.5 Å². The van der Waals surface area contributed by atoms with Crippen molar-refractivity contribution in [3.05, 3.63) is 9.54 Å². The fourth-order valence-corrected chi connectivity index (χ4v) is 5.63. The van der Waals surface area contributed by atoms with E-state index < -0.39 is 0 Å². The number of rotatable bonds is 25. The summed E-state index contributed by atoms with van der Waals surface area (Å²) in [5, 5.41) is 15.0. The van der Waals surface area contributed by atoms with Crippen LogP contribution in [0, 0.1) is 9.54 Å². The molecule has 0 aliphatic heterocycles. The van der Waals surface area contributed by atoms with Crippen molar-refractivity contribution >= 4 is 59.9 Å². The third kappa shape index (κ3) is 17.5. The lowest BCUT2D eigenvalue weighted by atomic mass is 10.2. The Labute approximate surface area is 258 Å². The molecule has 0 aliphatic rings. The monoisotopic (exact) mass is 628 g/mol. The van der Waals surface area contributed by atoms with Crippen LogP contribution in [-0.2, 0) is 0 Å². The Morgan fingerprint density at radius 1 is 0.550 bits per heavy atom. The van der Waals surface area contributed by atoms with E-state index in [0.717, 1.165) is 63.6 Å². The number of unbranched alkanes of at least 4 members (excludes halogenated alkanes) is 9. The minimum absolute atomic E-state index is 0.468. The average Bonchev–Trinajstić information content (AvgIpc) is 2.93. The van der Waals surface area contributed by atoms with Crippen molar-refractivity contribution in [3.8, 4) is 0 Å². The van der Waals surface area contributed by atoms with Gasteiger partial charge in [0.25, 0.3) is 0 Å². The van der Waals surface area contributed by atoms with Gasteiger partial charge in [-0.1, -0.05) is 88.7 Å². The highest BCUT2D eigenvalue weighted by Gasteiger charge is 2.04. The fraction of sp³-hybridized carbons (Fsp3) is 0.769. The minimum atomic E-state index is 0.468. The van der Waals surface area contributed by atoms with Crippen molar-refractivity contribution in [2.45, 2.75) is 101 Å². The Balaban J connectivity index is 1.47. The van der Waals surface area contributed by atoms with Gasteiger partial charge in [0.2, 0.25) is 21.4 Å². The predicted molar refractivity (Wildman–Crippen MR) is 176 cm³/mol. The van der Waals surface area contributed by atoms with E-state index in [4.69, 9.17) is 24.4 Å².